The molecule has 0 aliphatic heterocycles. The molecule has 18 heavy (non-hydrogen) atoms. The number of aromatic hydroxyl groups is 1. The maximum absolute atomic E-state index is 11.5. The molecule has 0 bridgehead atoms. The number of esters is 1. The Kier molecular flexibility index (Phi) is 5.45. The molecule has 0 aliphatic rings. The highest BCUT2D eigenvalue weighted by Crippen LogP contribution is 2.27. The Morgan fingerprint density at radius 2 is 2.11 bits per heavy atom. The van der Waals surface area contributed by atoms with Crippen LogP contribution in [0.2, 0.25) is 0 Å². The second kappa shape index (κ2) is 6.86. The van der Waals surface area contributed by atoms with Crippen LogP contribution in [0.4, 0.5) is 0 Å². The van der Waals surface area contributed by atoms with E-state index in [4.69, 9.17) is 9.47 Å². The van der Waals surface area contributed by atoms with Crippen molar-refractivity contribution in [2.24, 2.45) is 0 Å². The largest absolute Gasteiger partial charge is 0.504 e. The van der Waals surface area contributed by atoms with Crippen LogP contribution in [-0.4, -0.2) is 49.8 Å². The highest BCUT2D eigenvalue weighted by Gasteiger charge is 2.11. The van der Waals surface area contributed by atoms with Crippen molar-refractivity contribution in [3.05, 3.63) is 23.8 Å². The number of rotatable bonds is 6. The van der Waals surface area contributed by atoms with E-state index < -0.39 is 5.97 Å². The highest BCUT2D eigenvalue weighted by molar-refractivity contribution is 5.90. The Hall–Kier alpha value is -1.75. The normalized spacial score (nSPS) is 10.4. The van der Waals surface area contributed by atoms with Gasteiger partial charge in [0.25, 0.3) is 0 Å². The average molecular weight is 253 g/mol. The molecule has 0 heterocycles. The number of carbonyl (C=O) groups is 1. The minimum atomic E-state index is -0.421. The zero-order valence-electron chi connectivity index (χ0n) is 11.0. The molecule has 1 N–H and O–H groups in total. The number of hydrogen-bond acceptors (Lipinski definition) is 5. The van der Waals surface area contributed by atoms with Crippen LogP contribution in [0.5, 0.6) is 11.5 Å². The lowest BCUT2D eigenvalue weighted by atomic mass is 10.2. The van der Waals surface area contributed by atoms with Gasteiger partial charge in [-0.3, -0.25) is 0 Å². The Morgan fingerprint density at radius 1 is 1.39 bits per heavy atom. The van der Waals surface area contributed by atoms with E-state index in [-0.39, 0.29) is 5.75 Å². The van der Waals surface area contributed by atoms with Gasteiger partial charge >= 0.3 is 5.97 Å². The number of ether oxygens (including phenoxy) is 2. The zero-order valence-corrected chi connectivity index (χ0v) is 11.0. The first-order chi connectivity index (χ1) is 8.54. The molecule has 5 nitrogen and oxygen atoms in total. The van der Waals surface area contributed by atoms with Gasteiger partial charge in [-0.1, -0.05) is 0 Å². The molecule has 0 amide bonds. The third-order valence-electron chi connectivity index (χ3n) is 2.27. The first-order valence-electron chi connectivity index (χ1n) is 5.82. The highest BCUT2D eigenvalue weighted by atomic mass is 16.5. The maximum atomic E-state index is 11.5. The van der Waals surface area contributed by atoms with Gasteiger partial charge in [-0.15, -0.1) is 0 Å². The van der Waals surface area contributed by atoms with Crippen LogP contribution in [0.25, 0.3) is 0 Å². The fourth-order valence-corrected chi connectivity index (χ4v) is 1.31. The molecule has 0 atom stereocenters. The summed E-state index contributed by atoms with van der Waals surface area (Å²) in [6.07, 6.45) is 0. The van der Waals surface area contributed by atoms with Crippen LogP contribution >= 0.6 is 0 Å². The van der Waals surface area contributed by atoms with Crippen LogP contribution in [0, 0.1) is 0 Å². The molecule has 0 unspecified atom stereocenters. The monoisotopic (exact) mass is 253 g/mol. The molecule has 1 aromatic rings. The molecular formula is C13H19NO4. The molecule has 0 fully saturated rings. The third-order valence-corrected chi connectivity index (χ3v) is 2.27. The van der Waals surface area contributed by atoms with E-state index >= 15 is 0 Å². The molecule has 0 saturated carbocycles. The summed E-state index contributed by atoms with van der Waals surface area (Å²) in [4.78, 5) is 13.5. The van der Waals surface area contributed by atoms with Crippen molar-refractivity contribution in [3.63, 3.8) is 0 Å². The van der Waals surface area contributed by atoms with Crippen LogP contribution in [0.15, 0.2) is 18.2 Å². The lowest BCUT2D eigenvalue weighted by Gasteiger charge is -2.12. The number of nitrogens with zero attached hydrogens (tertiary/aromatic N) is 1. The Bertz CT molecular complexity index is 404. The molecule has 0 aromatic heterocycles. The van der Waals surface area contributed by atoms with Crippen molar-refractivity contribution in [3.8, 4) is 11.5 Å². The molecule has 0 radical (unpaired) electrons. The summed E-state index contributed by atoms with van der Waals surface area (Å²) in [5.41, 5.74) is 0.370. The Balaban J connectivity index is 2.71. The van der Waals surface area contributed by atoms with Crippen molar-refractivity contribution in [1.82, 2.24) is 4.90 Å². The maximum Gasteiger partial charge on any atom is 0.338 e. The van der Waals surface area contributed by atoms with Gasteiger partial charge in [0.2, 0.25) is 0 Å². The first-order valence-corrected chi connectivity index (χ1v) is 5.82. The van der Waals surface area contributed by atoms with E-state index in [1.54, 1.807) is 6.92 Å². The second-order valence-electron chi connectivity index (χ2n) is 4.05. The van der Waals surface area contributed by atoms with Gasteiger partial charge in [0.15, 0.2) is 11.5 Å². The van der Waals surface area contributed by atoms with Crippen LogP contribution in [0.1, 0.15) is 17.3 Å². The van der Waals surface area contributed by atoms with Crippen molar-refractivity contribution in [1.29, 1.82) is 0 Å². The molecule has 0 saturated heterocycles. The van der Waals surface area contributed by atoms with Crippen LogP contribution in [0.3, 0.4) is 0 Å². The van der Waals surface area contributed by atoms with Gasteiger partial charge in [-0.25, -0.2) is 4.79 Å². The lowest BCUT2D eigenvalue weighted by molar-refractivity contribution is 0.0526. The molecule has 1 rings (SSSR count). The summed E-state index contributed by atoms with van der Waals surface area (Å²) in [5, 5.41) is 9.62. The third kappa shape index (κ3) is 4.25. The number of carbonyl (C=O) groups excluding carboxylic acids is 1. The summed E-state index contributed by atoms with van der Waals surface area (Å²) in [7, 11) is 3.86. The smallest absolute Gasteiger partial charge is 0.338 e. The van der Waals surface area contributed by atoms with Gasteiger partial charge in [-0.05, 0) is 39.2 Å². The van der Waals surface area contributed by atoms with Crippen LogP contribution in [-0.2, 0) is 4.74 Å². The predicted molar refractivity (Wildman–Crippen MR) is 68.1 cm³/mol. The molecular weight excluding hydrogens is 234 g/mol. The van der Waals surface area contributed by atoms with Crippen LogP contribution < -0.4 is 4.74 Å². The predicted octanol–water partition coefficient (Wildman–Crippen LogP) is 1.51. The van der Waals surface area contributed by atoms with Gasteiger partial charge < -0.3 is 19.5 Å². The van der Waals surface area contributed by atoms with Gasteiger partial charge in [0.1, 0.15) is 6.61 Å². The SMILES string of the molecule is CCOC(=O)c1ccc(O)c(OCCN(C)C)c1. The fraction of sp³-hybridized carbons (Fsp3) is 0.462. The van der Waals surface area contributed by atoms with Crippen molar-refractivity contribution >= 4 is 5.97 Å². The number of phenols is 1. The first kappa shape index (κ1) is 14.3. The Morgan fingerprint density at radius 3 is 2.72 bits per heavy atom. The van der Waals surface area contributed by atoms with Crippen molar-refractivity contribution in [2.75, 3.05) is 33.9 Å². The molecule has 0 spiro atoms. The Labute approximate surface area is 107 Å². The molecule has 1 aromatic carbocycles. The van der Waals surface area contributed by atoms with E-state index in [1.807, 2.05) is 19.0 Å². The number of benzene rings is 1. The molecule has 100 valence electrons. The van der Waals surface area contributed by atoms with Gasteiger partial charge in [0, 0.05) is 6.54 Å². The van der Waals surface area contributed by atoms with Gasteiger partial charge in [-0.2, -0.15) is 0 Å². The van der Waals surface area contributed by atoms with Crippen molar-refractivity contribution < 1.29 is 19.4 Å². The zero-order chi connectivity index (χ0) is 13.5. The van der Waals surface area contributed by atoms with E-state index in [0.29, 0.717) is 24.5 Å². The van der Waals surface area contributed by atoms with E-state index in [1.165, 1.54) is 18.2 Å². The minimum absolute atomic E-state index is 0.0156. The second-order valence-corrected chi connectivity index (χ2v) is 4.05. The average Bonchev–Trinajstić information content (AvgIpc) is 2.31. The van der Waals surface area contributed by atoms with E-state index in [0.717, 1.165) is 6.54 Å². The fourth-order valence-electron chi connectivity index (χ4n) is 1.31. The summed E-state index contributed by atoms with van der Waals surface area (Å²) in [6, 6.07) is 4.42. The quantitative estimate of drug-likeness (QED) is 0.779. The lowest BCUT2D eigenvalue weighted by Crippen LogP contribution is -2.19. The summed E-state index contributed by atoms with van der Waals surface area (Å²) >= 11 is 0. The standard InChI is InChI=1S/C13H19NO4/c1-4-17-13(16)10-5-6-11(15)12(9-10)18-8-7-14(2)3/h5-6,9,15H,4,7-8H2,1-3H3. The van der Waals surface area contributed by atoms with E-state index in [9.17, 15) is 9.90 Å². The van der Waals surface area contributed by atoms with Gasteiger partial charge in [0.05, 0.1) is 12.2 Å². The topological polar surface area (TPSA) is 59.0 Å². The molecule has 0 aliphatic carbocycles. The number of phenolic OH excluding ortho intramolecular Hbond substituents is 1. The number of likely N-dealkylation sites (N-methyl/N-ethyl adjacent to an activating group) is 1. The molecule has 5 heteroatoms. The number of hydrogen-bond donors (Lipinski definition) is 1. The summed E-state index contributed by atoms with van der Waals surface area (Å²) < 4.78 is 10.3. The summed E-state index contributed by atoms with van der Waals surface area (Å²) in [5.74, 6) is -0.112. The summed E-state index contributed by atoms with van der Waals surface area (Å²) in [6.45, 7) is 3.22. The van der Waals surface area contributed by atoms with E-state index in [2.05, 4.69) is 0 Å². The minimum Gasteiger partial charge on any atom is -0.504 e. The van der Waals surface area contributed by atoms with Crippen molar-refractivity contribution in [2.45, 2.75) is 6.92 Å².